The molecule has 29 heavy (non-hydrogen) atoms. The number of ether oxygens (including phenoxy) is 3. The minimum absolute atomic E-state index is 0.0699. The quantitative estimate of drug-likeness (QED) is 0.584. The van der Waals surface area contributed by atoms with Gasteiger partial charge in [0.25, 0.3) is 5.91 Å². The lowest BCUT2D eigenvalue weighted by atomic mass is 10.2. The standard InChI is InChI=1S/C20H20FN3O5/c1-3-26-16-10-5-13(11-17(16)27-4-2)19-23-24-20(29-19)22-18(25)12-28-15-8-6-14(21)7-9-15/h5-11H,3-4,12H2,1-2H3,(H,22,24,25). The Hall–Kier alpha value is -3.62. The maximum Gasteiger partial charge on any atom is 0.322 e. The number of carbonyl (C=O) groups excluding carboxylic acids is 1. The molecule has 2 aromatic carbocycles. The third-order valence-corrected chi connectivity index (χ3v) is 3.65. The Morgan fingerprint density at radius 1 is 1.00 bits per heavy atom. The summed E-state index contributed by atoms with van der Waals surface area (Å²) in [5, 5.41) is 10.2. The van der Waals surface area contributed by atoms with Crippen molar-refractivity contribution in [2.45, 2.75) is 13.8 Å². The van der Waals surface area contributed by atoms with E-state index in [1.54, 1.807) is 18.2 Å². The van der Waals surface area contributed by atoms with E-state index in [0.29, 0.717) is 36.0 Å². The van der Waals surface area contributed by atoms with Gasteiger partial charge in [-0.3, -0.25) is 10.1 Å². The summed E-state index contributed by atoms with van der Waals surface area (Å²) in [6.07, 6.45) is 0. The van der Waals surface area contributed by atoms with Gasteiger partial charge in [0, 0.05) is 5.56 Å². The lowest BCUT2D eigenvalue weighted by Crippen LogP contribution is -2.20. The van der Waals surface area contributed by atoms with Gasteiger partial charge in [-0.25, -0.2) is 4.39 Å². The Morgan fingerprint density at radius 2 is 1.72 bits per heavy atom. The number of hydrogen-bond donors (Lipinski definition) is 1. The van der Waals surface area contributed by atoms with Crippen LogP contribution in [0, 0.1) is 5.82 Å². The second kappa shape index (κ2) is 9.54. The Morgan fingerprint density at radius 3 is 2.45 bits per heavy atom. The molecule has 0 aliphatic carbocycles. The zero-order valence-electron chi connectivity index (χ0n) is 16.0. The molecule has 1 amide bonds. The van der Waals surface area contributed by atoms with Crippen LogP contribution in [0.3, 0.4) is 0 Å². The molecule has 0 radical (unpaired) electrons. The number of rotatable bonds is 9. The van der Waals surface area contributed by atoms with Gasteiger partial charge >= 0.3 is 6.01 Å². The Kier molecular flexibility index (Phi) is 6.62. The summed E-state index contributed by atoms with van der Waals surface area (Å²) in [4.78, 5) is 12.0. The predicted octanol–water partition coefficient (Wildman–Crippen LogP) is 3.69. The Balaban J connectivity index is 1.63. The van der Waals surface area contributed by atoms with Gasteiger partial charge in [0.1, 0.15) is 11.6 Å². The largest absolute Gasteiger partial charge is 0.490 e. The minimum atomic E-state index is -0.494. The Bertz CT molecular complexity index is 959. The van der Waals surface area contributed by atoms with Crippen molar-refractivity contribution >= 4 is 11.9 Å². The van der Waals surface area contributed by atoms with Crippen molar-refractivity contribution in [1.29, 1.82) is 0 Å². The molecule has 0 atom stereocenters. The van der Waals surface area contributed by atoms with Crippen molar-refractivity contribution < 1.29 is 27.8 Å². The highest BCUT2D eigenvalue weighted by Crippen LogP contribution is 2.32. The molecule has 9 heteroatoms. The molecular formula is C20H20FN3O5. The van der Waals surface area contributed by atoms with E-state index in [-0.39, 0.29) is 24.3 Å². The van der Waals surface area contributed by atoms with Crippen LogP contribution in [0.2, 0.25) is 0 Å². The summed E-state index contributed by atoms with van der Waals surface area (Å²) in [5.74, 6) is 0.870. The zero-order valence-corrected chi connectivity index (χ0v) is 16.0. The van der Waals surface area contributed by atoms with Gasteiger partial charge in [-0.2, -0.15) is 0 Å². The van der Waals surface area contributed by atoms with Gasteiger partial charge in [-0.1, -0.05) is 5.10 Å². The molecule has 0 saturated heterocycles. The highest BCUT2D eigenvalue weighted by atomic mass is 19.1. The molecule has 1 aromatic heterocycles. The third-order valence-electron chi connectivity index (χ3n) is 3.65. The molecular weight excluding hydrogens is 381 g/mol. The SMILES string of the molecule is CCOc1ccc(-c2nnc(NC(=O)COc3ccc(F)cc3)o2)cc1OCC. The average Bonchev–Trinajstić information content (AvgIpc) is 3.17. The van der Waals surface area contributed by atoms with E-state index in [1.807, 2.05) is 13.8 Å². The summed E-state index contributed by atoms with van der Waals surface area (Å²) >= 11 is 0. The summed E-state index contributed by atoms with van der Waals surface area (Å²) < 4.78 is 34.7. The van der Waals surface area contributed by atoms with Crippen LogP contribution in [0.15, 0.2) is 46.9 Å². The van der Waals surface area contributed by atoms with Gasteiger partial charge in [-0.15, -0.1) is 5.10 Å². The predicted molar refractivity (Wildman–Crippen MR) is 103 cm³/mol. The molecule has 0 bridgehead atoms. The van der Waals surface area contributed by atoms with E-state index in [4.69, 9.17) is 18.6 Å². The van der Waals surface area contributed by atoms with Crippen molar-refractivity contribution in [1.82, 2.24) is 10.2 Å². The van der Waals surface area contributed by atoms with Crippen molar-refractivity contribution in [3.05, 3.63) is 48.3 Å². The van der Waals surface area contributed by atoms with Gasteiger partial charge in [0.2, 0.25) is 5.89 Å². The van der Waals surface area contributed by atoms with Gasteiger partial charge < -0.3 is 18.6 Å². The fourth-order valence-electron chi connectivity index (χ4n) is 2.41. The minimum Gasteiger partial charge on any atom is -0.490 e. The summed E-state index contributed by atoms with van der Waals surface area (Å²) in [7, 11) is 0. The number of nitrogens with one attached hydrogen (secondary N) is 1. The Labute approximate surface area is 166 Å². The summed E-state index contributed by atoms with van der Waals surface area (Å²) in [5.41, 5.74) is 0.618. The highest BCUT2D eigenvalue weighted by Gasteiger charge is 2.14. The summed E-state index contributed by atoms with van der Waals surface area (Å²) in [6.45, 7) is 4.45. The van der Waals surface area contributed by atoms with E-state index >= 15 is 0 Å². The number of aromatic nitrogens is 2. The molecule has 3 rings (SSSR count). The third kappa shape index (κ3) is 5.44. The number of amides is 1. The van der Waals surface area contributed by atoms with Crippen LogP contribution in [0.1, 0.15) is 13.8 Å². The number of halogens is 1. The molecule has 0 saturated carbocycles. The van der Waals surface area contributed by atoms with E-state index in [9.17, 15) is 9.18 Å². The molecule has 1 heterocycles. The normalized spacial score (nSPS) is 10.4. The molecule has 3 aromatic rings. The molecule has 8 nitrogen and oxygen atoms in total. The van der Waals surface area contributed by atoms with Crippen molar-refractivity contribution in [3.8, 4) is 28.7 Å². The van der Waals surface area contributed by atoms with Crippen LogP contribution < -0.4 is 19.5 Å². The first-order valence-electron chi connectivity index (χ1n) is 9.00. The van der Waals surface area contributed by atoms with E-state index in [1.165, 1.54) is 24.3 Å². The molecule has 0 aliphatic rings. The average molecular weight is 401 g/mol. The first kappa shape index (κ1) is 20.1. The zero-order chi connectivity index (χ0) is 20.6. The molecule has 152 valence electrons. The second-order valence-electron chi connectivity index (χ2n) is 5.73. The van der Waals surface area contributed by atoms with E-state index in [2.05, 4.69) is 15.5 Å². The maximum atomic E-state index is 12.9. The topological polar surface area (TPSA) is 95.7 Å². The lowest BCUT2D eigenvalue weighted by molar-refractivity contribution is -0.118. The van der Waals surface area contributed by atoms with Crippen LogP contribution in [0.5, 0.6) is 17.2 Å². The number of nitrogens with zero attached hydrogens (tertiary/aromatic N) is 2. The van der Waals surface area contributed by atoms with Crippen molar-refractivity contribution in [2.24, 2.45) is 0 Å². The molecule has 0 unspecified atom stereocenters. The van der Waals surface area contributed by atoms with Crippen molar-refractivity contribution in [2.75, 3.05) is 25.1 Å². The highest BCUT2D eigenvalue weighted by molar-refractivity contribution is 5.89. The fourth-order valence-corrected chi connectivity index (χ4v) is 2.41. The summed E-state index contributed by atoms with van der Waals surface area (Å²) in [6, 6.07) is 10.5. The van der Waals surface area contributed by atoms with Crippen LogP contribution in [-0.2, 0) is 4.79 Å². The molecule has 0 fully saturated rings. The molecule has 0 aliphatic heterocycles. The first-order valence-corrected chi connectivity index (χ1v) is 9.00. The molecule has 0 spiro atoms. The smallest absolute Gasteiger partial charge is 0.322 e. The van der Waals surface area contributed by atoms with Crippen LogP contribution in [-0.4, -0.2) is 35.9 Å². The van der Waals surface area contributed by atoms with E-state index in [0.717, 1.165) is 0 Å². The lowest BCUT2D eigenvalue weighted by Gasteiger charge is -2.11. The number of carbonyl (C=O) groups is 1. The van der Waals surface area contributed by atoms with Gasteiger partial charge in [-0.05, 0) is 56.3 Å². The van der Waals surface area contributed by atoms with Gasteiger partial charge in [0.15, 0.2) is 18.1 Å². The van der Waals surface area contributed by atoms with Crippen LogP contribution in [0.4, 0.5) is 10.4 Å². The fraction of sp³-hybridized carbons (Fsp3) is 0.250. The van der Waals surface area contributed by atoms with Crippen molar-refractivity contribution in [3.63, 3.8) is 0 Å². The van der Waals surface area contributed by atoms with Gasteiger partial charge in [0.05, 0.1) is 13.2 Å². The number of anilines is 1. The maximum absolute atomic E-state index is 12.9. The number of benzene rings is 2. The number of hydrogen-bond acceptors (Lipinski definition) is 7. The molecule has 1 N–H and O–H groups in total. The van der Waals surface area contributed by atoms with Crippen LogP contribution >= 0.6 is 0 Å². The first-order chi connectivity index (χ1) is 14.1. The van der Waals surface area contributed by atoms with Crippen LogP contribution in [0.25, 0.3) is 11.5 Å². The second-order valence-corrected chi connectivity index (χ2v) is 5.73. The monoisotopic (exact) mass is 401 g/mol. The van der Waals surface area contributed by atoms with E-state index < -0.39 is 5.91 Å².